The molecular weight excluding hydrogens is 259 g/mol. The van der Waals surface area contributed by atoms with Gasteiger partial charge in [-0.05, 0) is 19.1 Å². The smallest absolute Gasteiger partial charge is 0.131 e. The third-order valence-electron chi connectivity index (χ3n) is 3.30. The SMILES string of the molecule is COc1ccc(C(Cc2cc(C)nn2C)NN)c(F)c1. The van der Waals surface area contributed by atoms with Gasteiger partial charge in [0.05, 0.1) is 18.8 Å². The van der Waals surface area contributed by atoms with E-state index in [9.17, 15) is 4.39 Å². The Labute approximate surface area is 117 Å². The molecule has 1 aromatic carbocycles. The maximum absolute atomic E-state index is 14.1. The number of methoxy groups -OCH3 is 1. The van der Waals surface area contributed by atoms with Gasteiger partial charge in [-0.3, -0.25) is 16.0 Å². The molecule has 2 rings (SSSR count). The number of nitrogens with two attached hydrogens (primary N) is 1. The van der Waals surface area contributed by atoms with Crippen molar-refractivity contribution in [1.29, 1.82) is 0 Å². The lowest BCUT2D eigenvalue weighted by Gasteiger charge is -2.17. The minimum Gasteiger partial charge on any atom is -0.497 e. The molecule has 3 N–H and O–H groups in total. The number of benzene rings is 1. The second kappa shape index (κ2) is 6.02. The number of hydrogen-bond donors (Lipinski definition) is 2. The third kappa shape index (κ3) is 2.97. The maximum Gasteiger partial charge on any atom is 0.131 e. The molecule has 0 fully saturated rings. The van der Waals surface area contributed by atoms with Crippen molar-refractivity contribution in [2.75, 3.05) is 7.11 Å². The first-order valence-electron chi connectivity index (χ1n) is 6.34. The average Bonchev–Trinajstić information content (AvgIpc) is 2.74. The Balaban J connectivity index is 2.26. The number of hydrogen-bond acceptors (Lipinski definition) is 4. The van der Waals surface area contributed by atoms with Crippen molar-refractivity contribution >= 4 is 0 Å². The summed E-state index contributed by atoms with van der Waals surface area (Å²) >= 11 is 0. The van der Waals surface area contributed by atoms with E-state index >= 15 is 0 Å². The molecule has 0 radical (unpaired) electrons. The Morgan fingerprint density at radius 2 is 2.20 bits per heavy atom. The highest BCUT2D eigenvalue weighted by molar-refractivity contribution is 5.31. The summed E-state index contributed by atoms with van der Waals surface area (Å²) in [5, 5.41) is 4.28. The number of nitrogens with one attached hydrogen (secondary N) is 1. The van der Waals surface area contributed by atoms with Crippen LogP contribution in [0.2, 0.25) is 0 Å². The molecule has 108 valence electrons. The second-order valence-corrected chi connectivity index (χ2v) is 4.71. The molecule has 0 saturated carbocycles. The lowest BCUT2D eigenvalue weighted by Crippen LogP contribution is -2.30. The molecule has 1 aromatic heterocycles. The van der Waals surface area contributed by atoms with E-state index in [1.54, 1.807) is 16.8 Å². The largest absolute Gasteiger partial charge is 0.497 e. The van der Waals surface area contributed by atoms with Crippen LogP contribution in [0.15, 0.2) is 24.3 Å². The molecule has 6 heteroatoms. The fourth-order valence-corrected chi connectivity index (χ4v) is 2.24. The minimum absolute atomic E-state index is 0.323. The Morgan fingerprint density at radius 3 is 2.70 bits per heavy atom. The minimum atomic E-state index is -0.341. The van der Waals surface area contributed by atoms with E-state index in [1.807, 2.05) is 20.0 Å². The zero-order valence-electron chi connectivity index (χ0n) is 11.9. The van der Waals surface area contributed by atoms with Gasteiger partial charge in [0.1, 0.15) is 11.6 Å². The highest BCUT2D eigenvalue weighted by Gasteiger charge is 2.17. The fourth-order valence-electron chi connectivity index (χ4n) is 2.24. The lowest BCUT2D eigenvalue weighted by molar-refractivity contribution is 0.409. The number of hydrazine groups is 1. The van der Waals surface area contributed by atoms with E-state index < -0.39 is 0 Å². The Bertz CT molecular complexity index is 597. The van der Waals surface area contributed by atoms with Crippen molar-refractivity contribution in [2.24, 2.45) is 12.9 Å². The molecule has 0 amide bonds. The summed E-state index contributed by atoms with van der Waals surface area (Å²) in [4.78, 5) is 0. The Morgan fingerprint density at radius 1 is 1.45 bits per heavy atom. The van der Waals surface area contributed by atoms with E-state index in [2.05, 4.69) is 10.5 Å². The fraction of sp³-hybridized carbons (Fsp3) is 0.357. The van der Waals surface area contributed by atoms with Gasteiger partial charge in [0.15, 0.2) is 0 Å². The van der Waals surface area contributed by atoms with E-state index in [1.165, 1.54) is 13.2 Å². The standard InChI is InChI=1S/C14H19FN4O/c1-9-6-10(19(2)18-9)7-14(17-16)12-5-4-11(20-3)8-13(12)15/h4-6,8,14,17H,7,16H2,1-3H3. The predicted molar refractivity (Wildman–Crippen MR) is 74.7 cm³/mol. The van der Waals surface area contributed by atoms with Crippen LogP contribution in [-0.4, -0.2) is 16.9 Å². The summed E-state index contributed by atoms with van der Waals surface area (Å²) in [6.07, 6.45) is 0.553. The summed E-state index contributed by atoms with van der Waals surface area (Å²) in [7, 11) is 3.37. The van der Waals surface area contributed by atoms with Crippen LogP contribution in [0.5, 0.6) is 5.75 Å². The predicted octanol–water partition coefficient (Wildman–Crippen LogP) is 1.62. The van der Waals surface area contributed by atoms with E-state index in [0.29, 0.717) is 17.7 Å². The molecule has 0 spiro atoms. The molecule has 0 bridgehead atoms. The van der Waals surface area contributed by atoms with Gasteiger partial charge in [0.2, 0.25) is 0 Å². The van der Waals surface area contributed by atoms with Crippen molar-refractivity contribution in [1.82, 2.24) is 15.2 Å². The summed E-state index contributed by atoms with van der Waals surface area (Å²) in [5.74, 6) is 5.71. The quantitative estimate of drug-likeness (QED) is 0.644. The third-order valence-corrected chi connectivity index (χ3v) is 3.30. The van der Waals surface area contributed by atoms with E-state index in [-0.39, 0.29) is 11.9 Å². The topological polar surface area (TPSA) is 65.1 Å². The number of nitrogens with zero attached hydrogens (tertiary/aromatic N) is 2. The van der Waals surface area contributed by atoms with Crippen LogP contribution in [-0.2, 0) is 13.5 Å². The number of ether oxygens (including phenoxy) is 1. The number of halogens is 1. The molecule has 0 saturated heterocycles. The van der Waals surface area contributed by atoms with E-state index in [0.717, 1.165) is 11.4 Å². The van der Waals surface area contributed by atoms with Crippen LogP contribution in [0.1, 0.15) is 23.0 Å². The van der Waals surface area contributed by atoms with Gasteiger partial charge >= 0.3 is 0 Å². The van der Waals surface area contributed by atoms with Crippen molar-refractivity contribution < 1.29 is 9.13 Å². The average molecular weight is 278 g/mol. The first kappa shape index (κ1) is 14.5. The monoisotopic (exact) mass is 278 g/mol. The van der Waals surface area contributed by atoms with Crippen LogP contribution in [0.4, 0.5) is 4.39 Å². The van der Waals surface area contributed by atoms with Crippen LogP contribution in [0, 0.1) is 12.7 Å². The number of rotatable bonds is 5. The second-order valence-electron chi connectivity index (χ2n) is 4.71. The summed E-state index contributed by atoms with van der Waals surface area (Å²) in [6.45, 7) is 1.92. The molecule has 0 aliphatic carbocycles. The molecule has 1 unspecified atom stereocenters. The molecule has 1 atom stereocenters. The van der Waals surface area contributed by atoms with E-state index in [4.69, 9.17) is 10.6 Å². The van der Waals surface area contributed by atoms with Crippen LogP contribution < -0.4 is 16.0 Å². The summed E-state index contributed by atoms with van der Waals surface area (Å²) in [6, 6.07) is 6.40. The summed E-state index contributed by atoms with van der Waals surface area (Å²) in [5.41, 5.74) is 5.08. The van der Waals surface area contributed by atoms with Gasteiger partial charge in [0.25, 0.3) is 0 Å². The van der Waals surface area contributed by atoms with Gasteiger partial charge in [-0.2, -0.15) is 5.10 Å². The molecule has 0 aliphatic heterocycles. The first-order valence-corrected chi connectivity index (χ1v) is 6.34. The van der Waals surface area contributed by atoms with Crippen LogP contribution in [0.3, 0.4) is 0 Å². The molecular formula is C14H19FN4O. The molecule has 20 heavy (non-hydrogen) atoms. The molecule has 1 heterocycles. The van der Waals surface area contributed by atoms with Crippen molar-refractivity contribution in [3.63, 3.8) is 0 Å². The Kier molecular flexibility index (Phi) is 4.36. The van der Waals surface area contributed by atoms with Crippen molar-refractivity contribution in [3.05, 3.63) is 47.0 Å². The van der Waals surface area contributed by atoms with Gasteiger partial charge < -0.3 is 4.74 Å². The molecule has 0 aliphatic rings. The summed E-state index contributed by atoms with van der Waals surface area (Å²) < 4.78 is 20.9. The van der Waals surface area contributed by atoms with Crippen molar-refractivity contribution in [3.8, 4) is 5.75 Å². The molecule has 2 aromatic rings. The zero-order valence-corrected chi connectivity index (χ0v) is 11.9. The first-order chi connectivity index (χ1) is 9.55. The zero-order chi connectivity index (χ0) is 14.7. The van der Waals surface area contributed by atoms with Gasteiger partial charge in [-0.25, -0.2) is 4.39 Å². The maximum atomic E-state index is 14.1. The van der Waals surface area contributed by atoms with Gasteiger partial charge in [-0.15, -0.1) is 0 Å². The van der Waals surface area contributed by atoms with Crippen LogP contribution >= 0.6 is 0 Å². The molecule has 5 nitrogen and oxygen atoms in total. The van der Waals surface area contributed by atoms with Crippen LogP contribution in [0.25, 0.3) is 0 Å². The highest BCUT2D eigenvalue weighted by atomic mass is 19.1. The number of aryl methyl sites for hydroxylation is 2. The Hall–Kier alpha value is -1.92. The van der Waals surface area contributed by atoms with Gasteiger partial charge in [0, 0.05) is 30.8 Å². The highest BCUT2D eigenvalue weighted by Crippen LogP contribution is 2.24. The lowest BCUT2D eigenvalue weighted by atomic mass is 10.0. The van der Waals surface area contributed by atoms with Crippen molar-refractivity contribution in [2.45, 2.75) is 19.4 Å². The normalized spacial score (nSPS) is 12.4. The van der Waals surface area contributed by atoms with Gasteiger partial charge in [-0.1, -0.05) is 6.07 Å². The number of aromatic nitrogens is 2.